The number of nitrogens with one attached hydrogen (secondary N) is 1. The third kappa shape index (κ3) is 3.14. The van der Waals surface area contributed by atoms with E-state index in [1.807, 2.05) is 19.2 Å². The van der Waals surface area contributed by atoms with E-state index < -0.39 is 0 Å². The lowest BCUT2D eigenvalue weighted by molar-refractivity contribution is 0.673. The molecule has 17 heavy (non-hydrogen) atoms. The first-order valence-corrected chi connectivity index (χ1v) is 5.98. The number of rotatable bonds is 5. The maximum absolute atomic E-state index is 4.48. The Morgan fingerprint density at radius 1 is 1.35 bits per heavy atom. The van der Waals surface area contributed by atoms with Crippen LogP contribution in [0.3, 0.4) is 0 Å². The fourth-order valence-corrected chi connectivity index (χ4v) is 1.75. The second-order valence-corrected chi connectivity index (χ2v) is 4.10. The van der Waals surface area contributed by atoms with Crippen molar-refractivity contribution < 1.29 is 0 Å². The van der Waals surface area contributed by atoms with Gasteiger partial charge < -0.3 is 5.32 Å². The summed E-state index contributed by atoms with van der Waals surface area (Å²) in [4.78, 5) is 4.48. The first-order valence-electron chi connectivity index (χ1n) is 5.98. The van der Waals surface area contributed by atoms with Crippen LogP contribution in [0.15, 0.2) is 30.6 Å². The lowest BCUT2D eigenvalue weighted by atomic mass is 10.2. The summed E-state index contributed by atoms with van der Waals surface area (Å²) in [5, 5.41) is 7.59. The topological polar surface area (TPSA) is 42.7 Å². The molecule has 0 radical (unpaired) electrons. The molecule has 0 saturated heterocycles. The van der Waals surface area contributed by atoms with Crippen molar-refractivity contribution in [3.05, 3.63) is 41.9 Å². The third-order valence-electron chi connectivity index (χ3n) is 2.49. The van der Waals surface area contributed by atoms with Crippen molar-refractivity contribution >= 4 is 0 Å². The van der Waals surface area contributed by atoms with Crippen molar-refractivity contribution in [1.82, 2.24) is 20.1 Å². The summed E-state index contributed by atoms with van der Waals surface area (Å²) in [7, 11) is 0. The molecular weight excluding hydrogens is 212 g/mol. The van der Waals surface area contributed by atoms with Crippen molar-refractivity contribution in [2.24, 2.45) is 0 Å². The largest absolute Gasteiger partial charge is 0.313 e. The molecule has 2 aromatic heterocycles. The molecule has 1 N–H and O–H groups in total. The van der Waals surface area contributed by atoms with E-state index in [1.54, 1.807) is 10.9 Å². The van der Waals surface area contributed by atoms with Gasteiger partial charge in [0.05, 0.1) is 0 Å². The zero-order valence-electron chi connectivity index (χ0n) is 10.3. The van der Waals surface area contributed by atoms with E-state index in [0.717, 1.165) is 31.0 Å². The Morgan fingerprint density at radius 2 is 2.24 bits per heavy atom. The van der Waals surface area contributed by atoms with Crippen LogP contribution in [-0.2, 0) is 6.54 Å². The van der Waals surface area contributed by atoms with E-state index in [0.29, 0.717) is 0 Å². The predicted molar refractivity (Wildman–Crippen MR) is 68.1 cm³/mol. The lowest BCUT2D eigenvalue weighted by Crippen LogP contribution is -2.14. The SMILES string of the molecule is CCCNCc1cc(C)nc(-n2cccn2)c1. The molecule has 2 rings (SSSR count). The summed E-state index contributed by atoms with van der Waals surface area (Å²) in [6.45, 7) is 6.10. The number of aromatic nitrogens is 3. The molecule has 0 aliphatic heterocycles. The molecule has 0 amide bonds. The fraction of sp³-hybridized carbons (Fsp3) is 0.385. The highest BCUT2D eigenvalue weighted by molar-refractivity contribution is 5.29. The van der Waals surface area contributed by atoms with Crippen LogP contribution in [0, 0.1) is 6.92 Å². The molecule has 90 valence electrons. The lowest BCUT2D eigenvalue weighted by Gasteiger charge is -2.07. The van der Waals surface area contributed by atoms with Crippen molar-refractivity contribution in [2.45, 2.75) is 26.8 Å². The molecule has 0 aliphatic rings. The first kappa shape index (κ1) is 11.8. The average Bonchev–Trinajstić information content (AvgIpc) is 2.82. The Labute approximate surface area is 102 Å². The highest BCUT2D eigenvalue weighted by Gasteiger charge is 2.02. The van der Waals surface area contributed by atoms with Crippen molar-refractivity contribution in [3.63, 3.8) is 0 Å². The minimum absolute atomic E-state index is 0.878. The number of hydrogen-bond donors (Lipinski definition) is 1. The fourth-order valence-electron chi connectivity index (χ4n) is 1.75. The van der Waals surface area contributed by atoms with E-state index in [9.17, 15) is 0 Å². The van der Waals surface area contributed by atoms with Gasteiger partial charge in [-0.2, -0.15) is 5.10 Å². The monoisotopic (exact) mass is 230 g/mol. The smallest absolute Gasteiger partial charge is 0.153 e. The van der Waals surface area contributed by atoms with Crippen LogP contribution >= 0.6 is 0 Å². The van der Waals surface area contributed by atoms with Gasteiger partial charge in [-0.1, -0.05) is 6.92 Å². The predicted octanol–water partition coefficient (Wildman–Crippen LogP) is 2.08. The molecule has 0 aromatic carbocycles. The number of hydrogen-bond acceptors (Lipinski definition) is 3. The maximum Gasteiger partial charge on any atom is 0.153 e. The molecule has 0 spiro atoms. The summed E-state index contributed by atoms with van der Waals surface area (Å²) in [5.41, 5.74) is 2.27. The van der Waals surface area contributed by atoms with Gasteiger partial charge in [0.15, 0.2) is 5.82 Å². The zero-order valence-corrected chi connectivity index (χ0v) is 10.3. The molecular formula is C13H18N4. The second kappa shape index (κ2) is 5.59. The van der Waals surface area contributed by atoms with Crippen LogP contribution in [-0.4, -0.2) is 21.3 Å². The Hall–Kier alpha value is -1.68. The van der Waals surface area contributed by atoms with Crippen LogP contribution < -0.4 is 5.32 Å². The summed E-state index contributed by atoms with van der Waals surface area (Å²) in [6, 6.07) is 6.08. The average molecular weight is 230 g/mol. The van der Waals surface area contributed by atoms with Crippen molar-refractivity contribution in [3.8, 4) is 5.82 Å². The Balaban J connectivity index is 2.18. The standard InChI is InChI=1S/C13H18N4/c1-3-5-14-10-12-8-11(2)16-13(9-12)17-7-4-6-15-17/h4,6-9,14H,3,5,10H2,1-2H3. The van der Waals surface area contributed by atoms with Crippen molar-refractivity contribution in [2.75, 3.05) is 6.54 Å². The number of pyridine rings is 1. The van der Waals surface area contributed by atoms with E-state index in [1.165, 1.54) is 5.56 Å². The Morgan fingerprint density at radius 3 is 2.94 bits per heavy atom. The molecule has 0 atom stereocenters. The zero-order chi connectivity index (χ0) is 12.1. The van der Waals surface area contributed by atoms with Gasteiger partial charge in [-0.05, 0) is 43.7 Å². The maximum atomic E-state index is 4.48. The normalized spacial score (nSPS) is 10.7. The van der Waals surface area contributed by atoms with Gasteiger partial charge in [0.1, 0.15) is 0 Å². The first-order chi connectivity index (χ1) is 8.29. The minimum atomic E-state index is 0.878. The molecule has 0 bridgehead atoms. The van der Waals surface area contributed by atoms with Gasteiger partial charge in [-0.3, -0.25) is 0 Å². The second-order valence-electron chi connectivity index (χ2n) is 4.10. The van der Waals surface area contributed by atoms with Crippen LogP contribution in [0.25, 0.3) is 5.82 Å². The Kier molecular flexibility index (Phi) is 3.88. The van der Waals surface area contributed by atoms with Gasteiger partial charge in [0, 0.05) is 24.6 Å². The van der Waals surface area contributed by atoms with Crippen molar-refractivity contribution in [1.29, 1.82) is 0 Å². The minimum Gasteiger partial charge on any atom is -0.313 e. The Bertz CT molecular complexity index is 462. The van der Waals surface area contributed by atoms with Crippen LogP contribution in [0.2, 0.25) is 0 Å². The van der Waals surface area contributed by atoms with E-state index in [-0.39, 0.29) is 0 Å². The van der Waals surface area contributed by atoms with E-state index in [2.05, 4.69) is 34.5 Å². The molecule has 4 heteroatoms. The molecule has 0 saturated carbocycles. The third-order valence-corrected chi connectivity index (χ3v) is 2.49. The summed E-state index contributed by atoms with van der Waals surface area (Å²) < 4.78 is 1.79. The van der Waals surface area contributed by atoms with Gasteiger partial charge in [0.25, 0.3) is 0 Å². The number of nitrogens with zero attached hydrogens (tertiary/aromatic N) is 3. The van der Waals surface area contributed by atoms with E-state index >= 15 is 0 Å². The number of aryl methyl sites for hydroxylation is 1. The molecule has 0 fully saturated rings. The van der Waals surface area contributed by atoms with Gasteiger partial charge >= 0.3 is 0 Å². The van der Waals surface area contributed by atoms with Gasteiger partial charge in [-0.25, -0.2) is 9.67 Å². The molecule has 2 aromatic rings. The summed E-state index contributed by atoms with van der Waals surface area (Å²) in [6.07, 6.45) is 4.82. The summed E-state index contributed by atoms with van der Waals surface area (Å²) in [5.74, 6) is 0.878. The molecule has 0 aliphatic carbocycles. The van der Waals surface area contributed by atoms with E-state index in [4.69, 9.17) is 0 Å². The molecule has 0 unspecified atom stereocenters. The highest BCUT2D eigenvalue weighted by Crippen LogP contribution is 2.09. The highest BCUT2D eigenvalue weighted by atomic mass is 15.3. The molecule has 4 nitrogen and oxygen atoms in total. The van der Waals surface area contributed by atoms with Crippen LogP contribution in [0.4, 0.5) is 0 Å². The quantitative estimate of drug-likeness (QED) is 0.800. The van der Waals surface area contributed by atoms with Crippen LogP contribution in [0.1, 0.15) is 24.6 Å². The van der Waals surface area contributed by atoms with Gasteiger partial charge in [-0.15, -0.1) is 0 Å². The van der Waals surface area contributed by atoms with Crippen LogP contribution in [0.5, 0.6) is 0 Å². The summed E-state index contributed by atoms with van der Waals surface area (Å²) >= 11 is 0. The molecule has 2 heterocycles. The van der Waals surface area contributed by atoms with Gasteiger partial charge in [0.2, 0.25) is 0 Å².